The first-order chi connectivity index (χ1) is 8.36. The van der Waals surface area contributed by atoms with Gasteiger partial charge >= 0.3 is 0 Å². The number of benzene rings is 1. The predicted molar refractivity (Wildman–Crippen MR) is 69.7 cm³/mol. The highest BCUT2D eigenvalue weighted by Crippen LogP contribution is 2.05. The Hall–Kier alpha value is -1.61. The standard InChI is InChI=1S/C14H19N3/c1-13-5-2-3-6-14(13)11-15-7-4-9-17-10-8-16-12-17/h2-3,5-6,8,10,12,15H,4,7,9,11H2,1H3. The second kappa shape index (κ2) is 6.21. The number of aromatic nitrogens is 2. The molecule has 1 N–H and O–H groups in total. The maximum atomic E-state index is 4.02. The van der Waals surface area contributed by atoms with E-state index in [2.05, 4.69) is 46.1 Å². The van der Waals surface area contributed by atoms with Gasteiger partial charge in [0.1, 0.15) is 0 Å². The van der Waals surface area contributed by atoms with Crippen molar-refractivity contribution in [2.75, 3.05) is 6.54 Å². The summed E-state index contributed by atoms with van der Waals surface area (Å²) in [6, 6.07) is 8.51. The van der Waals surface area contributed by atoms with Crippen molar-refractivity contribution in [1.82, 2.24) is 14.9 Å². The van der Waals surface area contributed by atoms with Crippen LogP contribution in [0, 0.1) is 6.92 Å². The second-order valence-electron chi connectivity index (χ2n) is 4.26. The van der Waals surface area contributed by atoms with Crippen molar-refractivity contribution >= 4 is 0 Å². The number of nitrogens with zero attached hydrogens (tertiary/aromatic N) is 2. The van der Waals surface area contributed by atoms with E-state index in [1.165, 1.54) is 11.1 Å². The van der Waals surface area contributed by atoms with Crippen LogP contribution in [0.1, 0.15) is 17.5 Å². The lowest BCUT2D eigenvalue weighted by Crippen LogP contribution is -2.16. The Bertz CT molecular complexity index is 434. The Balaban J connectivity index is 1.65. The molecule has 2 aromatic rings. The van der Waals surface area contributed by atoms with Gasteiger partial charge in [-0.3, -0.25) is 0 Å². The van der Waals surface area contributed by atoms with Crippen LogP contribution in [0.3, 0.4) is 0 Å². The van der Waals surface area contributed by atoms with Crippen LogP contribution in [0.2, 0.25) is 0 Å². The van der Waals surface area contributed by atoms with Crippen molar-refractivity contribution in [3.63, 3.8) is 0 Å². The Kier molecular flexibility index (Phi) is 4.33. The molecule has 0 spiro atoms. The highest BCUT2D eigenvalue weighted by atomic mass is 15.0. The number of aryl methyl sites for hydroxylation is 2. The van der Waals surface area contributed by atoms with E-state index in [0.717, 1.165) is 26.1 Å². The summed E-state index contributed by atoms with van der Waals surface area (Å²) in [5.41, 5.74) is 2.74. The van der Waals surface area contributed by atoms with Gasteiger partial charge in [-0.15, -0.1) is 0 Å². The van der Waals surface area contributed by atoms with Gasteiger partial charge in [-0.05, 0) is 31.0 Å². The molecular formula is C14H19N3. The van der Waals surface area contributed by atoms with Gasteiger partial charge in [-0.25, -0.2) is 4.98 Å². The zero-order chi connectivity index (χ0) is 11.9. The molecule has 0 aliphatic heterocycles. The fourth-order valence-electron chi connectivity index (χ4n) is 1.84. The summed E-state index contributed by atoms with van der Waals surface area (Å²) in [5.74, 6) is 0. The zero-order valence-corrected chi connectivity index (χ0v) is 10.3. The van der Waals surface area contributed by atoms with Crippen molar-refractivity contribution in [2.45, 2.75) is 26.4 Å². The fourth-order valence-corrected chi connectivity index (χ4v) is 1.84. The van der Waals surface area contributed by atoms with Crippen LogP contribution in [0.4, 0.5) is 0 Å². The molecule has 2 rings (SSSR count). The summed E-state index contributed by atoms with van der Waals surface area (Å²) in [6.07, 6.45) is 6.81. The van der Waals surface area contributed by atoms with Gasteiger partial charge in [-0.2, -0.15) is 0 Å². The van der Waals surface area contributed by atoms with Gasteiger partial charge in [0, 0.05) is 25.5 Å². The fraction of sp³-hybridized carbons (Fsp3) is 0.357. The van der Waals surface area contributed by atoms with Crippen LogP contribution in [-0.4, -0.2) is 16.1 Å². The predicted octanol–water partition coefficient (Wildman–Crippen LogP) is 2.37. The molecule has 0 bridgehead atoms. The normalized spacial score (nSPS) is 10.6. The summed E-state index contributed by atoms with van der Waals surface area (Å²) < 4.78 is 2.11. The SMILES string of the molecule is Cc1ccccc1CNCCCn1ccnc1. The number of hydrogen-bond acceptors (Lipinski definition) is 2. The third kappa shape index (κ3) is 3.71. The number of imidazole rings is 1. The maximum absolute atomic E-state index is 4.02. The molecule has 0 radical (unpaired) electrons. The topological polar surface area (TPSA) is 29.9 Å². The van der Waals surface area contributed by atoms with E-state index >= 15 is 0 Å². The zero-order valence-electron chi connectivity index (χ0n) is 10.3. The van der Waals surface area contributed by atoms with E-state index in [0.29, 0.717) is 0 Å². The Morgan fingerprint density at radius 2 is 2.18 bits per heavy atom. The summed E-state index contributed by atoms with van der Waals surface area (Å²) in [4.78, 5) is 4.02. The maximum Gasteiger partial charge on any atom is 0.0945 e. The van der Waals surface area contributed by atoms with E-state index in [4.69, 9.17) is 0 Å². The van der Waals surface area contributed by atoms with E-state index < -0.39 is 0 Å². The molecule has 0 aliphatic rings. The molecule has 1 heterocycles. The quantitative estimate of drug-likeness (QED) is 0.771. The van der Waals surface area contributed by atoms with Crippen molar-refractivity contribution in [3.8, 4) is 0 Å². The third-order valence-corrected chi connectivity index (χ3v) is 2.91. The van der Waals surface area contributed by atoms with E-state index in [-0.39, 0.29) is 0 Å². The third-order valence-electron chi connectivity index (χ3n) is 2.91. The van der Waals surface area contributed by atoms with Crippen LogP contribution in [0.25, 0.3) is 0 Å². The first-order valence-electron chi connectivity index (χ1n) is 6.07. The van der Waals surface area contributed by atoms with Gasteiger partial charge in [0.05, 0.1) is 6.33 Å². The van der Waals surface area contributed by atoms with Gasteiger partial charge in [0.15, 0.2) is 0 Å². The number of nitrogens with one attached hydrogen (secondary N) is 1. The molecule has 0 atom stereocenters. The lowest BCUT2D eigenvalue weighted by atomic mass is 10.1. The molecule has 0 saturated heterocycles. The van der Waals surface area contributed by atoms with Crippen LogP contribution < -0.4 is 5.32 Å². The first-order valence-corrected chi connectivity index (χ1v) is 6.07. The minimum atomic E-state index is 0.955. The van der Waals surface area contributed by atoms with Crippen LogP contribution in [0.5, 0.6) is 0 Å². The minimum Gasteiger partial charge on any atom is -0.337 e. The molecule has 0 amide bonds. The molecule has 1 aromatic carbocycles. The van der Waals surface area contributed by atoms with Gasteiger partial charge in [-0.1, -0.05) is 24.3 Å². The van der Waals surface area contributed by atoms with E-state index in [1.807, 2.05) is 18.7 Å². The van der Waals surface area contributed by atoms with Crippen LogP contribution in [-0.2, 0) is 13.1 Å². The van der Waals surface area contributed by atoms with Gasteiger partial charge < -0.3 is 9.88 Å². The van der Waals surface area contributed by atoms with Crippen LogP contribution >= 0.6 is 0 Å². The summed E-state index contributed by atoms with van der Waals surface area (Å²) in [5, 5.41) is 3.47. The Labute approximate surface area is 103 Å². The van der Waals surface area contributed by atoms with E-state index in [1.54, 1.807) is 0 Å². The highest BCUT2D eigenvalue weighted by Gasteiger charge is 1.96. The highest BCUT2D eigenvalue weighted by molar-refractivity contribution is 5.25. The summed E-state index contributed by atoms with van der Waals surface area (Å²) in [7, 11) is 0. The molecule has 0 fully saturated rings. The molecule has 0 unspecified atom stereocenters. The van der Waals surface area contributed by atoms with E-state index in [9.17, 15) is 0 Å². The van der Waals surface area contributed by atoms with Crippen LogP contribution in [0.15, 0.2) is 43.0 Å². The molecule has 0 saturated carbocycles. The Morgan fingerprint density at radius 3 is 2.94 bits per heavy atom. The number of rotatable bonds is 6. The summed E-state index contributed by atoms with van der Waals surface area (Å²) >= 11 is 0. The molecular weight excluding hydrogens is 210 g/mol. The van der Waals surface area contributed by atoms with Crippen molar-refractivity contribution in [2.24, 2.45) is 0 Å². The first kappa shape index (κ1) is 11.9. The average Bonchev–Trinajstić information content (AvgIpc) is 2.84. The molecule has 1 aromatic heterocycles. The lowest BCUT2D eigenvalue weighted by Gasteiger charge is -2.07. The smallest absolute Gasteiger partial charge is 0.0945 e. The van der Waals surface area contributed by atoms with Crippen molar-refractivity contribution in [3.05, 3.63) is 54.1 Å². The van der Waals surface area contributed by atoms with Gasteiger partial charge in [0.25, 0.3) is 0 Å². The average molecular weight is 229 g/mol. The largest absolute Gasteiger partial charge is 0.337 e. The molecule has 17 heavy (non-hydrogen) atoms. The molecule has 0 aliphatic carbocycles. The number of hydrogen-bond donors (Lipinski definition) is 1. The minimum absolute atomic E-state index is 0.955. The Morgan fingerprint density at radius 1 is 1.29 bits per heavy atom. The molecule has 3 nitrogen and oxygen atoms in total. The van der Waals surface area contributed by atoms with Crippen molar-refractivity contribution < 1.29 is 0 Å². The monoisotopic (exact) mass is 229 g/mol. The second-order valence-corrected chi connectivity index (χ2v) is 4.26. The van der Waals surface area contributed by atoms with Crippen molar-refractivity contribution in [1.29, 1.82) is 0 Å². The molecule has 3 heteroatoms. The molecule has 90 valence electrons. The lowest BCUT2D eigenvalue weighted by molar-refractivity contribution is 0.580. The van der Waals surface area contributed by atoms with Gasteiger partial charge in [0.2, 0.25) is 0 Å². The summed E-state index contributed by atoms with van der Waals surface area (Å²) in [6.45, 7) is 5.17.